The number of amides is 2. The van der Waals surface area contributed by atoms with E-state index in [2.05, 4.69) is 48.5 Å². The van der Waals surface area contributed by atoms with Crippen LogP contribution in [0.2, 0.25) is 0 Å². The van der Waals surface area contributed by atoms with Crippen LogP contribution in [0.1, 0.15) is 36.0 Å². The minimum atomic E-state index is -0.457. The fourth-order valence-corrected chi connectivity index (χ4v) is 3.60. The highest BCUT2D eigenvalue weighted by Crippen LogP contribution is 2.29. The molecule has 126 valence electrons. The summed E-state index contributed by atoms with van der Waals surface area (Å²) < 4.78 is 0. The normalized spacial score (nSPS) is 17.5. The molecule has 0 radical (unpaired) electrons. The summed E-state index contributed by atoms with van der Waals surface area (Å²) in [5.74, 6) is -0.257. The lowest BCUT2D eigenvalue weighted by atomic mass is 9.99. The Morgan fingerprint density at radius 3 is 2.75 bits per heavy atom. The van der Waals surface area contributed by atoms with E-state index < -0.39 is 6.04 Å². The lowest BCUT2D eigenvalue weighted by Crippen LogP contribution is -2.46. The number of rotatable bonds is 3. The molecule has 5 nitrogen and oxygen atoms in total. The van der Waals surface area contributed by atoms with E-state index in [1.54, 1.807) is 0 Å². The minimum absolute atomic E-state index is 0.0630. The first-order valence-corrected chi connectivity index (χ1v) is 8.96. The highest BCUT2D eigenvalue weighted by molar-refractivity contribution is 7.14. The van der Waals surface area contributed by atoms with Crippen molar-refractivity contribution in [3.63, 3.8) is 0 Å². The Morgan fingerprint density at radius 1 is 1.25 bits per heavy atom. The van der Waals surface area contributed by atoms with Gasteiger partial charge in [0.2, 0.25) is 11.8 Å². The standard InChI is InChI=1S/C18H21N3O2S/c1-10-7-12(3)13(8-11(10)2)15-9-24-18(20-15)21-17(23)14-5-4-6-16(22)19-14/h7-9,14H,4-6H2,1-3H3,(H,19,22)(H,20,21,23). The van der Waals surface area contributed by atoms with Gasteiger partial charge in [-0.15, -0.1) is 11.3 Å². The third-order valence-corrected chi connectivity index (χ3v) is 5.16. The summed E-state index contributed by atoms with van der Waals surface area (Å²) in [4.78, 5) is 28.2. The zero-order chi connectivity index (χ0) is 17.3. The number of nitrogens with one attached hydrogen (secondary N) is 2. The Bertz CT molecular complexity index is 798. The van der Waals surface area contributed by atoms with Gasteiger partial charge in [0.15, 0.2) is 5.13 Å². The first kappa shape index (κ1) is 16.6. The van der Waals surface area contributed by atoms with Gasteiger partial charge in [0, 0.05) is 17.4 Å². The lowest BCUT2D eigenvalue weighted by Gasteiger charge is -2.21. The third kappa shape index (κ3) is 3.48. The van der Waals surface area contributed by atoms with Crippen LogP contribution < -0.4 is 10.6 Å². The van der Waals surface area contributed by atoms with Gasteiger partial charge >= 0.3 is 0 Å². The van der Waals surface area contributed by atoms with Crippen molar-refractivity contribution in [2.45, 2.75) is 46.1 Å². The summed E-state index contributed by atoms with van der Waals surface area (Å²) in [5, 5.41) is 8.06. The molecular weight excluding hydrogens is 322 g/mol. The first-order valence-electron chi connectivity index (χ1n) is 8.08. The average Bonchev–Trinajstić information content (AvgIpc) is 2.99. The molecule has 0 spiro atoms. The van der Waals surface area contributed by atoms with E-state index in [-0.39, 0.29) is 11.8 Å². The molecule has 1 aliphatic heterocycles. The van der Waals surface area contributed by atoms with Crippen molar-refractivity contribution in [1.29, 1.82) is 0 Å². The lowest BCUT2D eigenvalue weighted by molar-refractivity contribution is -0.128. The maximum Gasteiger partial charge on any atom is 0.248 e. The largest absolute Gasteiger partial charge is 0.344 e. The number of hydrogen-bond donors (Lipinski definition) is 2. The first-order chi connectivity index (χ1) is 11.4. The average molecular weight is 343 g/mol. The smallest absolute Gasteiger partial charge is 0.248 e. The van der Waals surface area contributed by atoms with Crippen LogP contribution in [-0.4, -0.2) is 22.8 Å². The molecule has 1 aromatic heterocycles. The second-order valence-electron chi connectivity index (χ2n) is 6.29. The van der Waals surface area contributed by atoms with Gasteiger partial charge < -0.3 is 10.6 Å². The number of carbonyl (C=O) groups excluding carboxylic acids is 2. The van der Waals surface area contributed by atoms with Crippen molar-refractivity contribution < 1.29 is 9.59 Å². The Morgan fingerprint density at radius 2 is 2.00 bits per heavy atom. The van der Waals surface area contributed by atoms with Crippen molar-refractivity contribution in [2.24, 2.45) is 0 Å². The maximum absolute atomic E-state index is 12.3. The highest BCUT2D eigenvalue weighted by Gasteiger charge is 2.25. The van der Waals surface area contributed by atoms with E-state index >= 15 is 0 Å². The maximum atomic E-state index is 12.3. The number of thiazole rings is 1. The van der Waals surface area contributed by atoms with Gasteiger partial charge in [-0.05, 0) is 56.4 Å². The van der Waals surface area contributed by atoms with Crippen LogP contribution in [0.3, 0.4) is 0 Å². The third-order valence-electron chi connectivity index (χ3n) is 4.40. The van der Waals surface area contributed by atoms with Gasteiger partial charge in [0.25, 0.3) is 0 Å². The predicted molar refractivity (Wildman–Crippen MR) is 96.2 cm³/mol. The SMILES string of the molecule is Cc1cc(C)c(-c2csc(NC(=O)C3CCCC(=O)N3)n2)cc1C. The molecule has 0 aliphatic carbocycles. The van der Waals surface area contributed by atoms with Crippen molar-refractivity contribution >= 4 is 28.3 Å². The number of hydrogen-bond acceptors (Lipinski definition) is 4. The number of carbonyl (C=O) groups is 2. The van der Waals surface area contributed by atoms with E-state index in [9.17, 15) is 9.59 Å². The predicted octanol–water partition coefficient (Wildman–Crippen LogP) is 3.34. The van der Waals surface area contributed by atoms with Crippen LogP contribution in [0.5, 0.6) is 0 Å². The van der Waals surface area contributed by atoms with Gasteiger partial charge in [-0.2, -0.15) is 0 Å². The summed E-state index contributed by atoms with van der Waals surface area (Å²) in [5.41, 5.74) is 5.59. The molecule has 2 aromatic rings. The topological polar surface area (TPSA) is 71.1 Å². The van der Waals surface area contributed by atoms with E-state index in [0.29, 0.717) is 18.0 Å². The molecule has 2 N–H and O–H groups in total. The molecule has 2 heterocycles. The molecule has 1 saturated heterocycles. The summed E-state index contributed by atoms with van der Waals surface area (Å²) in [6.07, 6.45) is 1.91. The van der Waals surface area contributed by atoms with Crippen LogP contribution in [0.25, 0.3) is 11.3 Å². The Labute approximate surface area is 145 Å². The summed E-state index contributed by atoms with van der Waals surface area (Å²) in [6, 6.07) is 3.83. The molecule has 1 aromatic carbocycles. The number of benzene rings is 1. The second kappa shape index (κ2) is 6.73. The van der Waals surface area contributed by atoms with Crippen LogP contribution in [0, 0.1) is 20.8 Å². The summed E-state index contributed by atoms with van der Waals surface area (Å²) in [6.45, 7) is 6.24. The molecule has 0 saturated carbocycles. The van der Waals surface area contributed by atoms with Crippen molar-refractivity contribution in [2.75, 3.05) is 5.32 Å². The van der Waals surface area contributed by atoms with Gasteiger partial charge in [0.1, 0.15) is 6.04 Å². The van der Waals surface area contributed by atoms with E-state index in [4.69, 9.17) is 0 Å². The second-order valence-corrected chi connectivity index (χ2v) is 7.15. The fourth-order valence-electron chi connectivity index (χ4n) is 2.89. The van der Waals surface area contributed by atoms with E-state index in [0.717, 1.165) is 17.7 Å². The number of aryl methyl sites for hydroxylation is 3. The van der Waals surface area contributed by atoms with Crippen molar-refractivity contribution in [1.82, 2.24) is 10.3 Å². The number of aromatic nitrogens is 1. The van der Waals surface area contributed by atoms with Crippen LogP contribution in [-0.2, 0) is 9.59 Å². The van der Waals surface area contributed by atoms with Crippen LogP contribution in [0.4, 0.5) is 5.13 Å². The van der Waals surface area contributed by atoms with Gasteiger partial charge in [0.05, 0.1) is 5.69 Å². The summed E-state index contributed by atoms with van der Waals surface area (Å²) in [7, 11) is 0. The Kier molecular flexibility index (Phi) is 4.66. The van der Waals surface area contributed by atoms with Crippen molar-refractivity contribution in [3.8, 4) is 11.3 Å². The Hall–Kier alpha value is -2.21. The summed E-state index contributed by atoms with van der Waals surface area (Å²) >= 11 is 1.40. The quantitative estimate of drug-likeness (QED) is 0.898. The van der Waals surface area contributed by atoms with E-state index in [1.165, 1.54) is 28.0 Å². The van der Waals surface area contributed by atoms with E-state index in [1.807, 2.05) is 5.38 Å². The molecule has 1 fully saturated rings. The molecule has 3 rings (SSSR count). The molecule has 1 unspecified atom stereocenters. The molecule has 6 heteroatoms. The number of anilines is 1. The molecular formula is C18H21N3O2S. The van der Waals surface area contributed by atoms with Gasteiger partial charge in [-0.1, -0.05) is 6.07 Å². The highest BCUT2D eigenvalue weighted by atomic mass is 32.1. The molecule has 1 atom stereocenters. The fraction of sp³-hybridized carbons (Fsp3) is 0.389. The number of piperidine rings is 1. The zero-order valence-corrected chi connectivity index (χ0v) is 14.9. The van der Waals surface area contributed by atoms with Crippen LogP contribution in [0.15, 0.2) is 17.5 Å². The monoisotopic (exact) mass is 343 g/mol. The molecule has 2 amide bonds. The van der Waals surface area contributed by atoms with Gasteiger partial charge in [-0.3, -0.25) is 9.59 Å². The number of nitrogens with zero attached hydrogens (tertiary/aromatic N) is 1. The molecule has 1 aliphatic rings. The van der Waals surface area contributed by atoms with Gasteiger partial charge in [-0.25, -0.2) is 4.98 Å². The molecule has 0 bridgehead atoms. The Balaban J connectivity index is 1.75. The van der Waals surface area contributed by atoms with Crippen LogP contribution >= 0.6 is 11.3 Å². The molecule has 24 heavy (non-hydrogen) atoms. The minimum Gasteiger partial charge on any atom is -0.344 e. The van der Waals surface area contributed by atoms with Crippen molar-refractivity contribution in [3.05, 3.63) is 34.2 Å². The zero-order valence-electron chi connectivity index (χ0n) is 14.1.